The lowest BCUT2D eigenvalue weighted by molar-refractivity contribution is -0.0181. The zero-order chi connectivity index (χ0) is 9.26. The Labute approximate surface area is 75.5 Å². The van der Waals surface area contributed by atoms with E-state index >= 15 is 0 Å². The Kier molecular flexibility index (Phi) is 2.06. The molecule has 0 amide bonds. The van der Waals surface area contributed by atoms with Crippen LogP contribution in [0.15, 0.2) is 12.1 Å². The molecule has 0 aromatic heterocycles. The average molecular weight is 183 g/mol. The summed E-state index contributed by atoms with van der Waals surface area (Å²) in [6, 6.07) is 3.19. The third-order valence-electron chi connectivity index (χ3n) is 1.99. The van der Waals surface area contributed by atoms with E-state index in [1.165, 1.54) is 6.07 Å². The van der Waals surface area contributed by atoms with Crippen LogP contribution in [0, 0.1) is 5.82 Å². The van der Waals surface area contributed by atoms with E-state index < -0.39 is 0 Å². The van der Waals surface area contributed by atoms with E-state index in [0.717, 1.165) is 0 Å². The molecule has 0 unspecified atom stereocenters. The summed E-state index contributed by atoms with van der Waals surface area (Å²) in [5.41, 5.74) is 1.20. The number of fused-ring (bicyclic) bond motifs is 1. The molecule has 0 radical (unpaired) electrons. The molecule has 4 heteroatoms. The highest BCUT2D eigenvalue weighted by molar-refractivity contribution is 5.52. The van der Waals surface area contributed by atoms with E-state index in [4.69, 9.17) is 9.47 Å². The predicted molar refractivity (Wildman–Crippen MR) is 46.2 cm³/mol. The number of anilines is 1. The van der Waals surface area contributed by atoms with E-state index in [0.29, 0.717) is 17.0 Å². The topological polar surface area (TPSA) is 30.5 Å². The van der Waals surface area contributed by atoms with Crippen LogP contribution in [0.1, 0.15) is 5.56 Å². The second-order valence-electron chi connectivity index (χ2n) is 2.80. The first-order valence-corrected chi connectivity index (χ1v) is 4.02. The summed E-state index contributed by atoms with van der Waals surface area (Å²) in [6.07, 6.45) is 0. The maximum absolute atomic E-state index is 13.3. The number of halogens is 1. The van der Waals surface area contributed by atoms with E-state index in [1.807, 2.05) is 0 Å². The third-order valence-corrected chi connectivity index (χ3v) is 1.99. The summed E-state index contributed by atoms with van der Waals surface area (Å²) >= 11 is 0. The van der Waals surface area contributed by atoms with E-state index in [2.05, 4.69) is 5.32 Å². The number of hydrogen-bond acceptors (Lipinski definition) is 3. The van der Waals surface area contributed by atoms with Gasteiger partial charge in [0.15, 0.2) is 6.79 Å². The van der Waals surface area contributed by atoms with Gasteiger partial charge in [0.05, 0.1) is 12.2 Å². The molecule has 0 fully saturated rings. The van der Waals surface area contributed by atoms with Crippen LogP contribution in [0.3, 0.4) is 0 Å². The minimum absolute atomic E-state index is 0.194. The normalized spacial score (nSPS) is 14.6. The van der Waals surface area contributed by atoms with Crippen molar-refractivity contribution < 1.29 is 13.9 Å². The van der Waals surface area contributed by atoms with Crippen molar-refractivity contribution in [2.75, 3.05) is 19.2 Å². The molecule has 1 heterocycles. The van der Waals surface area contributed by atoms with Gasteiger partial charge >= 0.3 is 0 Å². The zero-order valence-corrected chi connectivity index (χ0v) is 7.26. The monoisotopic (exact) mass is 183 g/mol. The molecule has 2 rings (SSSR count). The van der Waals surface area contributed by atoms with E-state index in [9.17, 15) is 4.39 Å². The highest BCUT2D eigenvalue weighted by Gasteiger charge is 2.15. The van der Waals surface area contributed by atoms with Crippen molar-refractivity contribution in [1.82, 2.24) is 0 Å². The predicted octanol–water partition coefficient (Wildman–Crippen LogP) is 1.73. The molecule has 1 aliphatic rings. The lowest BCUT2D eigenvalue weighted by atomic mass is 10.1. The Morgan fingerprint density at radius 3 is 3.08 bits per heavy atom. The van der Waals surface area contributed by atoms with Gasteiger partial charge in [-0.3, -0.25) is 0 Å². The van der Waals surface area contributed by atoms with Crippen molar-refractivity contribution in [2.45, 2.75) is 6.61 Å². The fourth-order valence-electron chi connectivity index (χ4n) is 1.27. The third kappa shape index (κ3) is 1.45. The van der Waals surface area contributed by atoms with Gasteiger partial charge in [-0.15, -0.1) is 0 Å². The Hall–Kier alpha value is -1.29. The molecule has 0 atom stereocenters. The Balaban J connectivity index is 2.47. The van der Waals surface area contributed by atoms with Crippen LogP contribution in [0.4, 0.5) is 10.1 Å². The molecule has 0 aliphatic carbocycles. The second-order valence-corrected chi connectivity index (χ2v) is 2.80. The fourth-order valence-corrected chi connectivity index (χ4v) is 1.27. The molecule has 1 aliphatic heterocycles. The number of ether oxygens (including phenoxy) is 2. The molecule has 1 aromatic carbocycles. The smallest absolute Gasteiger partial charge is 0.189 e. The molecule has 3 nitrogen and oxygen atoms in total. The van der Waals surface area contributed by atoms with Crippen LogP contribution in [-0.4, -0.2) is 13.8 Å². The summed E-state index contributed by atoms with van der Waals surface area (Å²) in [4.78, 5) is 0. The van der Waals surface area contributed by atoms with Gasteiger partial charge in [0.25, 0.3) is 0 Å². The molecule has 0 saturated heterocycles. The largest absolute Gasteiger partial charge is 0.467 e. The molecule has 1 aromatic rings. The summed E-state index contributed by atoms with van der Waals surface area (Å²) in [5.74, 6) is 0.275. The van der Waals surface area contributed by atoms with Crippen LogP contribution in [0.2, 0.25) is 0 Å². The molecular formula is C9H10FNO2. The maximum Gasteiger partial charge on any atom is 0.189 e. The summed E-state index contributed by atoms with van der Waals surface area (Å²) in [5, 5.41) is 2.86. The van der Waals surface area contributed by atoms with Crippen molar-refractivity contribution in [3.8, 4) is 5.75 Å². The zero-order valence-electron chi connectivity index (χ0n) is 7.26. The Morgan fingerprint density at radius 1 is 1.46 bits per heavy atom. The summed E-state index contributed by atoms with van der Waals surface area (Å²) < 4.78 is 23.4. The van der Waals surface area contributed by atoms with Crippen LogP contribution in [0.5, 0.6) is 5.75 Å². The standard InChI is InChI=1S/C9H10FNO2/c1-11-6-2-8(10)7-4-12-5-13-9(7)3-6/h2-3,11H,4-5H2,1H3. The van der Waals surface area contributed by atoms with Gasteiger partial charge in [-0.25, -0.2) is 4.39 Å². The van der Waals surface area contributed by atoms with Crippen molar-refractivity contribution in [2.24, 2.45) is 0 Å². The van der Waals surface area contributed by atoms with Gasteiger partial charge in [0, 0.05) is 18.8 Å². The van der Waals surface area contributed by atoms with Gasteiger partial charge < -0.3 is 14.8 Å². The van der Waals surface area contributed by atoms with Crippen LogP contribution in [0.25, 0.3) is 0 Å². The lowest BCUT2D eigenvalue weighted by Gasteiger charge is -2.18. The molecule has 1 N–H and O–H groups in total. The van der Waals surface area contributed by atoms with E-state index in [-0.39, 0.29) is 19.2 Å². The van der Waals surface area contributed by atoms with Gasteiger partial charge in [0.1, 0.15) is 11.6 Å². The van der Waals surface area contributed by atoms with Crippen molar-refractivity contribution >= 4 is 5.69 Å². The summed E-state index contributed by atoms with van der Waals surface area (Å²) in [7, 11) is 1.74. The van der Waals surface area contributed by atoms with Gasteiger partial charge in [0.2, 0.25) is 0 Å². The van der Waals surface area contributed by atoms with Crippen molar-refractivity contribution in [3.63, 3.8) is 0 Å². The molecule has 13 heavy (non-hydrogen) atoms. The van der Waals surface area contributed by atoms with E-state index in [1.54, 1.807) is 13.1 Å². The molecular weight excluding hydrogens is 173 g/mol. The number of rotatable bonds is 1. The second kappa shape index (κ2) is 3.22. The minimum atomic E-state index is -0.290. The minimum Gasteiger partial charge on any atom is -0.467 e. The quantitative estimate of drug-likeness (QED) is 0.719. The first kappa shape index (κ1) is 8.31. The van der Waals surface area contributed by atoms with Crippen LogP contribution >= 0.6 is 0 Å². The number of hydrogen-bond donors (Lipinski definition) is 1. The van der Waals surface area contributed by atoms with Crippen LogP contribution in [-0.2, 0) is 11.3 Å². The van der Waals surface area contributed by atoms with Crippen LogP contribution < -0.4 is 10.1 Å². The van der Waals surface area contributed by atoms with Gasteiger partial charge in [-0.05, 0) is 6.07 Å². The lowest BCUT2D eigenvalue weighted by Crippen LogP contribution is -2.13. The fraction of sp³-hybridized carbons (Fsp3) is 0.333. The first-order chi connectivity index (χ1) is 6.31. The van der Waals surface area contributed by atoms with Crippen molar-refractivity contribution in [3.05, 3.63) is 23.5 Å². The molecule has 0 spiro atoms. The van der Waals surface area contributed by atoms with Gasteiger partial charge in [-0.2, -0.15) is 0 Å². The number of nitrogens with one attached hydrogen (secondary N) is 1. The highest BCUT2D eigenvalue weighted by atomic mass is 19.1. The molecule has 0 saturated carbocycles. The molecule has 0 bridgehead atoms. The maximum atomic E-state index is 13.3. The SMILES string of the molecule is CNc1cc(F)c2c(c1)OCOC2. The average Bonchev–Trinajstić information content (AvgIpc) is 2.18. The molecule has 70 valence electrons. The Bertz CT molecular complexity index is 328. The number of benzene rings is 1. The van der Waals surface area contributed by atoms with Crippen molar-refractivity contribution in [1.29, 1.82) is 0 Å². The highest BCUT2D eigenvalue weighted by Crippen LogP contribution is 2.29. The Morgan fingerprint density at radius 2 is 2.31 bits per heavy atom. The summed E-state index contributed by atoms with van der Waals surface area (Å²) in [6.45, 7) is 0.477. The van der Waals surface area contributed by atoms with Gasteiger partial charge in [-0.1, -0.05) is 0 Å². The first-order valence-electron chi connectivity index (χ1n) is 4.02.